The molecule has 7 nitrogen and oxygen atoms in total. The zero-order valence-corrected chi connectivity index (χ0v) is 18.0. The third kappa shape index (κ3) is 3.64. The van der Waals surface area contributed by atoms with Crippen LogP contribution in [-0.4, -0.2) is 51.1 Å². The van der Waals surface area contributed by atoms with E-state index in [0.29, 0.717) is 35.3 Å². The molecule has 2 N–H and O–H groups in total. The number of aromatic nitrogens is 2. The molecule has 5 rings (SSSR count). The number of carboxylic acid groups (broad SMARTS) is 1. The van der Waals surface area contributed by atoms with Gasteiger partial charge in [-0.1, -0.05) is 23.7 Å². The first-order valence-corrected chi connectivity index (χ1v) is 11.4. The average Bonchev–Trinajstić information content (AvgIpc) is 3.53. The number of β-amino-alcohol motifs (C(OH)–C–C–N with tert-alkyl or cyclic N) is 1. The summed E-state index contributed by atoms with van der Waals surface area (Å²) in [6, 6.07) is 5.63. The molecule has 0 spiro atoms. The van der Waals surface area contributed by atoms with E-state index >= 15 is 0 Å². The Morgan fingerprint density at radius 1 is 1.13 bits per heavy atom. The Morgan fingerprint density at radius 2 is 1.90 bits per heavy atom. The number of piperidine rings is 1. The van der Waals surface area contributed by atoms with E-state index < -0.39 is 18.0 Å². The highest BCUT2D eigenvalue weighted by atomic mass is 35.5. The second-order valence-corrected chi connectivity index (χ2v) is 9.31. The predicted octanol–water partition coefficient (Wildman–Crippen LogP) is 3.25. The molecule has 0 radical (unpaired) electrons. The zero-order chi connectivity index (χ0) is 21.7. The average molecular weight is 444 g/mol. The number of fused-ring (bicyclic) bond motifs is 1. The minimum absolute atomic E-state index is 0.196. The van der Waals surface area contributed by atoms with Crippen molar-refractivity contribution in [2.24, 2.45) is 5.92 Å². The second kappa shape index (κ2) is 7.95. The molecule has 1 saturated carbocycles. The van der Waals surface area contributed by atoms with Gasteiger partial charge in [0.1, 0.15) is 0 Å². The van der Waals surface area contributed by atoms with Gasteiger partial charge >= 0.3 is 5.97 Å². The number of aliphatic carboxylic acids is 1. The van der Waals surface area contributed by atoms with Crippen molar-refractivity contribution in [3.8, 4) is 0 Å². The number of carboxylic acids is 1. The summed E-state index contributed by atoms with van der Waals surface area (Å²) < 4.78 is 1.52. The van der Waals surface area contributed by atoms with Crippen LogP contribution < -0.4 is 4.90 Å². The molecule has 2 aliphatic carbocycles. The summed E-state index contributed by atoms with van der Waals surface area (Å²) in [6.07, 6.45) is 5.13. The van der Waals surface area contributed by atoms with Gasteiger partial charge in [0, 0.05) is 18.7 Å². The van der Waals surface area contributed by atoms with Crippen molar-refractivity contribution in [1.82, 2.24) is 9.78 Å². The maximum Gasteiger partial charge on any atom is 0.309 e. The van der Waals surface area contributed by atoms with Gasteiger partial charge in [-0.3, -0.25) is 9.59 Å². The highest BCUT2D eigenvalue weighted by Gasteiger charge is 2.37. The van der Waals surface area contributed by atoms with Crippen molar-refractivity contribution in [2.45, 2.75) is 57.0 Å². The number of hydrogen-bond acceptors (Lipinski definition) is 5. The van der Waals surface area contributed by atoms with Gasteiger partial charge in [0.25, 0.3) is 5.91 Å². The van der Waals surface area contributed by atoms with Crippen LogP contribution in [0.5, 0.6) is 0 Å². The van der Waals surface area contributed by atoms with E-state index in [0.717, 1.165) is 55.3 Å². The van der Waals surface area contributed by atoms with Gasteiger partial charge in [-0.05, 0) is 62.5 Å². The first-order chi connectivity index (χ1) is 15.0. The van der Waals surface area contributed by atoms with Crippen LogP contribution in [0.1, 0.15) is 65.2 Å². The van der Waals surface area contributed by atoms with Crippen LogP contribution in [0.4, 0.5) is 5.82 Å². The molecule has 2 heterocycles. The van der Waals surface area contributed by atoms with E-state index in [9.17, 15) is 19.8 Å². The molecule has 1 aromatic carbocycles. The SMILES string of the molecule is O=C(O)[C@H]1CCN(c2nn(C(=O)c3c(Cl)cccc3C3CC3)c3c2CCCC3)C[C@H]1O. The van der Waals surface area contributed by atoms with Gasteiger partial charge in [-0.25, -0.2) is 0 Å². The summed E-state index contributed by atoms with van der Waals surface area (Å²) in [7, 11) is 0. The number of nitrogens with zero attached hydrogens (tertiary/aromatic N) is 3. The summed E-state index contributed by atoms with van der Waals surface area (Å²) in [5.74, 6) is -0.848. The van der Waals surface area contributed by atoms with Crippen molar-refractivity contribution >= 4 is 29.3 Å². The van der Waals surface area contributed by atoms with Crippen LogP contribution in [0.3, 0.4) is 0 Å². The Balaban J connectivity index is 1.53. The Kier molecular flexibility index (Phi) is 5.26. The summed E-state index contributed by atoms with van der Waals surface area (Å²) in [5, 5.41) is 24.9. The molecule has 3 aliphatic rings. The van der Waals surface area contributed by atoms with E-state index in [1.165, 1.54) is 4.68 Å². The maximum atomic E-state index is 13.7. The van der Waals surface area contributed by atoms with Gasteiger partial charge in [-0.15, -0.1) is 5.10 Å². The van der Waals surface area contributed by atoms with Crippen LogP contribution in [0.25, 0.3) is 0 Å². The number of aliphatic hydroxyl groups is 1. The number of carbonyl (C=O) groups is 2. The van der Waals surface area contributed by atoms with Crippen molar-refractivity contribution in [3.63, 3.8) is 0 Å². The Labute approximate surface area is 185 Å². The standard InChI is InChI=1S/C23H26ClN3O4/c24-17-6-3-5-14(13-8-9-13)20(17)22(29)27-18-7-2-1-4-15(18)21(25-27)26-11-10-16(23(30)31)19(28)12-26/h3,5-6,13,16,19,28H,1-2,4,7-12H2,(H,30,31)/t16-,19+/m0/s1. The Morgan fingerprint density at radius 3 is 2.61 bits per heavy atom. The molecule has 164 valence electrons. The van der Waals surface area contributed by atoms with Gasteiger partial charge in [0.05, 0.1) is 28.3 Å². The molecule has 1 saturated heterocycles. The number of halogens is 1. The van der Waals surface area contributed by atoms with Crippen LogP contribution in [0, 0.1) is 5.92 Å². The third-order valence-electron chi connectivity index (χ3n) is 6.83. The highest BCUT2D eigenvalue weighted by molar-refractivity contribution is 6.34. The van der Waals surface area contributed by atoms with Crippen LogP contribution in [0.15, 0.2) is 18.2 Å². The number of carbonyl (C=O) groups excluding carboxylic acids is 1. The van der Waals surface area contributed by atoms with Crippen molar-refractivity contribution < 1.29 is 19.8 Å². The first-order valence-electron chi connectivity index (χ1n) is 11.1. The number of hydrogen-bond donors (Lipinski definition) is 2. The largest absolute Gasteiger partial charge is 0.481 e. The van der Waals surface area contributed by atoms with E-state index in [4.69, 9.17) is 16.7 Å². The molecule has 0 unspecified atom stereocenters. The lowest BCUT2D eigenvalue weighted by molar-refractivity contribution is -0.146. The number of rotatable bonds is 4. The maximum absolute atomic E-state index is 13.7. The first kappa shape index (κ1) is 20.5. The topological polar surface area (TPSA) is 95.7 Å². The number of anilines is 1. The molecule has 2 atom stereocenters. The molecule has 8 heteroatoms. The second-order valence-electron chi connectivity index (χ2n) is 8.90. The van der Waals surface area contributed by atoms with Crippen molar-refractivity contribution in [1.29, 1.82) is 0 Å². The van der Waals surface area contributed by atoms with Crippen molar-refractivity contribution in [3.05, 3.63) is 45.6 Å². The lowest BCUT2D eigenvalue weighted by Gasteiger charge is -2.34. The molecule has 0 bridgehead atoms. The van der Waals surface area contributed by atoms with Crippen LogP contribution in [0.2, 0.25) is 5.02 Å². The third-order valence-corrected chi connectivity index (χ3v) is 7.14. The molecular weight excluding hydrogens is 418 g/mol. The van der Waals surface area contributed by atoms with Crippen LogP contribution in [-0.2, 0) is 17.6 Å². The fourth-order valence-electron chi connectivity index (χ4n) is 5.02. The quantitative estimate of drug-likeness (QED) is 0.753. The van der Waals surface area contributed by atoms with E-state index in [1.54, 1.807) is 6.07 Å². The molecule has 1 aliphatic heterocycles. The lowest BCUT2D eigenvalue weighted by atomic mass is 9.92. The Bertz CT molecular complexity index is 1050. The summed E-state index contributed by atoms with van der Waals surface area (Å²) in [5.41, 5.74) is 3.50. The molecule has 1 aromatic heterocycles. The number of benzene rings is 1. The molecule has 31 heavy (non-hydrogen) atoms. The van der Waals surface area contributed by atoms with E-state index in [2.05, 4.69) is 0 Å². The minimum Gasteiger partial charge on any atom is -0.481 e. The summed E-state index contributed by atoms with van der Waals surface area (Å²) >= 11 is 6.49. The molecular formula is C23H26ClN3O4. The van der Waals surface area contributed by atoms with Gasteiger partial charge in [0.2, 0.25) is 0 Å². The fourth-order valence-corrected chi connectivity index (χ4v) is 5.28. The summed E-state index contributed by atoms with van der Waals surface area (Å²) in [6.45, 7) is 0.694. The van der Waals surface area contributed by atoms with Crippen molar-refractivity contribution in [2.75, 3.05) is 18.0 Å². The van der Waals surface area contributed by atoms with Crippen LogP contribution >= 0.6 is 11.6 Å². The van der Waals surface area contributed by atoms with Gasteiger partial charge < -0.3 is 15.1 Å². The van der Waals surface area contributed by atoms with Gasteiger partial charge in [0.15, 0.2) is 5.82 Å². The molecule has 0 amide bonds. The number of aliphatic hydroxyl groups excluding tert-OH is 1. The minimum atomic E-state index is -0.971. The fraction of sp³-hybridized carbons (Fsp3) is 0.522. The van der Waals surface area contributed by atoms with E-state index in [-0.39, 0.29) is 12.5 Å². The monoisotopic (exact) mass is 443 g/mol. The highest BCUT2D eigenvalue weighted by Crippen LogP contribution is 2.43. The molecule has 2 aromatic rings. The normalized spacial score (nSPS) is 23.5. The molecule has 2 fully saturated rings. The van der Waals surface area contributed by atoms with E-state index in [1.807, 2.05) is 17.0 Å². The van der Waals surface area contributed by atoms with Gasteiger partial charge in [-0.2, -0.15) is 4.68 Å². The summed E-state index contributed by atoms with van der Waals surface area (Å²) in [4.78, 5) is 27.0. The smallest absolute Gasteiger partial charge is 0.309 e. The zero-order valence-electron chi connectivity index (χ0n) is 17.3. The Hall–Kier alpha value is -2.38. The lowest BCUT2D eigenvalue weighted by Crippen LogP contribution is -2.47. The predicted molar refractivity (Wildman–Crippen MR) is 116 cm³/mol.